The van der Waals surface area contributed by atoms with Crippen molar-refractivity contribution in [2.24, 2.45) is 0 Å². The SMILES string of the molecule is CSCC(C)Nc1ccc(C(=O)N2CCOCC2)cc1[N+](=O)[O-]. The molecule has 1 heterocycles. The van der Waals surface area contributed by atoms with Gasteiger partial charge in [-0.1, -0.05) is 0 Å². The van der Waals surface area contributed by atoms with Crippen molar-refractivity contribution >= 4 is 29.0 Å². The monoisotopic (exact) mass is 339 g/mol. The molecule has 1 aliphatic rings. The normalized spacial score (nSPS) is 16.0. The number of ether oxygens (including phenoxy) is 1. The number of hydrogen-bond acceptors (Lipinski definition) is 6. The average molecular weight is 339 g/mol. The van der Waals surface area contributed by atoms with E-state index < -0.39 is 4.92 Å². The summed E-state index contributed by atoms with van der Waals surface area (Å²) in [5.41, 5.74) is 0.703. The van der Waals surface area contributed by atoms with Gasteiger partial charge < -0.3 is 15.0 Å². The van der Waals surface area contributed by atoms with Gasteiger partial charge in [-0.3, -0.25) is 14.9 Å². The minimum absolute atomic E-state index is 0.0722. The second-order valence-corrected chi connectivity index (χ2v) is 6.31. The Hall–Kier alpha value is -1.80. The van der Waals surface area contributed by atoms with Crippen molar-refractivity contribution in [1.29, 1.82) is 0 Å². The Morgan fingerprint density at radius 2 is 2.17 bits per heavy atom. The molecule has 0 saturated carbocycles. The highest BCUT2D eigenvalue weighted by atomic mass is 32.2. The number of morpholine rings is 1. The van der Waals surface area contributed by atoms with Crippen molar-refractivity contribution < 1.29 is 14.5 Å². The first-order valence-electron chi connectivity index (χ1n) is 7.44. The van der Waals surface area contributed by atoms with Crippen LogP contribution in [0.15, 0.2) is 18.2 Å². The highest BCUT2D eigenvalue weighted by Gasteiger charge is 2.23. The molecule has 1 amide bonds. The minimum atomic E-state index is -0.454. The molecule has 1 N–H and O–H groups in total. The number of nitrogens with zero attached hydrogens (tertiary/aromatic N) is 2. The molecule has 23 heavy (non-hydrogen) atoms. The van der Waals surface area contributed by atoms with Crippen molar-refractivity contribution in [3.8, 4) is 0 Å². The first-order valence-corrected chi connectivity index (χ1v) is 8.83. The standard InChI is InChI=1S/C15H21N3O4S/c1-11(10-23-2)16-13-4-3-12(9-14(13)18(20)21)15(19)17-5-7-22-8-6-17/h3-4,9,11,16H,5-8,10H2,1-2H3. The van der Waals surface area contributed by atoms with Crippen molar-refractivity contribution in [3.05, 3.63) is 33.9 Å². The third kappa shape index (κ3) is 4.59. The van der Waals surface area contributed by atoms with Gasteiger partial charge in [0.15, 0.2) is 0 Å². The summed E-state index contributed by atoms with van der Waals surface area (Å²) in [5.74, 6) is 0.645. The largest absolute Gasteiger partial charge is 0.378 e. The number of nitro benzene ring substituents is 1. The smallest absolute Gasteiger partial charge is 0.293 e. The van der Waals surface area contributed by atoms with Crippen LogP contribution in [0, 0.1) is 10.1 Å². The number of rotatable bonds is 6. The molecule has 0 bridgehead atoms. The third-order valence-electron chi connectivity index (χ3n) is 3.56. The average Bonchev–Trinajstić information content (AvgIpc) is 2.55. The van der Waals surface area contributed by atoms with E-state index in [0.717, 1.165) is 5.75 Å². The topological polar surface area (TPSA) is 84.7 Å². The molecular weight excluding hydrogens is 318 g/mol. The van der Waals surface area contributed by atoms with Crippen LogP contribution in [0.25, 0.3) is 0 Å². The number of hydrogen-bond donors (Lipinski definition) is 1. The van der Waals surface area contributed by atoms with Gasteiger partial charge in [0, 0.05) is 36.5 Å². The molecule has 8 heteroatoms. The van der Waals surface area contributed by atoms with Crippen LogP contribution in [-0.2, 0) is 4.74 Å². The Bertz CT molecular complexity index is 576. The molecule has 7 nitrogen and oxygen atoms in total. The molecule has 0 spiro atoms. The van der Waals surface area contributed by atoms with Crippen molar-refractivity contribution in [1.82, 2.24) is 4.90 Å². The Morgan fingerprint density at radius 3 is 2.78 bits per heavy atom. The van der Waals surface area contributed by atoms with Gasteiger partial charge in [0.25, 0.3) is 11.6 Å². The van der Waals surface area contributed by atoms with Crippen LogP contribution in [0.2, 0.25) is 0 Å². The summed E-state index contributed by atoms with van der Waals surface area (Å²) < 4.78 is 5.22. The molecule has 126 valence electrons. The molecule has 0 radical (unpaired) electrons. The number of nitrogens with one attached hydrogen (secondary N) is 1. The van der Waals surface area contributed by atoms with E-state index >= 15 is 0 Å². The number of nitro groups is 1. The van der Waals surface area contributed by atoms with Crippen molar-refractivity contribution in [3.63, 3.8) is 0 Å². The quantitative estimate of drug-likeness (QED) is 0.632. The third-order valence-corrected chi connectivity index (χ3v) is 4.39. The molecule has 1 unspecified atom stereocenters. The predicted molar refractivity (Wildman–Crippen MR) is 91.3 cm³/mol. The Kier molecular flexibility index (Phi) is 6.23. The van der Waals surface area contributed by atoms with Gasteiger partial charge in [-0.25, -0.2) is 0 Å². The summed E-state index contributed by atoms with van der Waals surface area (Å²) in [6.45, 7) is 3.99. The number of amides is 1. The maximum Gasteiger partial charge on any atom is 0.293 e. The van der Waals surface area contributed by atoms with Crippen molar-refractivity contribution in [2.45, 2.75) is 13.0 Å². The van der Waals surface area contributed by atoms with Gasteiger partial charge >= 0.3 is 0 Å². The Labute approximate surface area is 139 Å². The van der Waals surface area contributed by atoms with E-state index in [4.69, 9.17) is 4.74 Å². The van der Waals surface area contributed by atoms with Crippen LogP contribution in [0.3, 0.4) is 0 Å². The summed E-state index contributed by atoms with van der Waals surface area (Å²) in [4.78, 5) is 25.0. The van der Waals surface area contributed by atoms with Crippen molar-refractivity contribution in [2.75, 3.05) is 43.6 Å². The maximum absolute atomic E-state index is 12.4. The van der Waals surface area contributed by atoms with Crippen LogP contribution < -0.4 is 5.32 Å². The molecule has 0 aliphatic carbocycles. The highest BCUT2D eigenvalue weighted by Crippen LogP contribution is 2.27. The van der Waals surface area contributed by atoms with Crippen LogP contribution in [0.1, 0.15) is 17.3 Å². The van der Waals surface area contributed by atoms with Gasteiger partial charge in [-0.05, 0) is 25.3 Å². The molecule has 1 aromatic rings. The molecule has 1 aromatic carbocycles. The lowest BCUT2D eigenvalue weighted by molar-refractivity contribution is -0.384. The second-order valence-electron chi connectivity index (χ2n) is 5.39. The summed E-state index contributed by atoms with van der Waals surface area (Å²) in [6.07, 6.45) is 1.98. The number of carbonyl (C=O) groups excluding carboxylic acids is 1. The fourth-order valence-electron chi connectivity index (χ4n) is 2.44. The summed E-state index contributed by atoms with van der Waals surface area (Å²) >= 11 is 1.67. The molecule has 1 fully saturated rings. The van der Waals surface area contributed by atoms with Crippen LogP contribution in [0.4, 0.5) is 11.4 Å². The first-order chi connectivity index (χ1) is 11.0. The van der Waals surface area contributed by atoms with Crippen LogP contribution >= 0.6 is 11.8 Å². The molecular formula is C15H21N3O4S. The molecule has 1 saturated heterocycles. The van der Waals surface area contributed by atoms with E-state index in [2.05, 4.69) is 5.32 Å². The zero-order valence-electron chi connectivity index (χ0n) is 13.3. The number of anilines is 1. The summed E-state index contributed by atoms with van der Waals surface area (Å²) in [5, 5.41) is 14.5. The Morgan fingerprint density at radius 1 is 1.48 bits per heavy atom. The number of thioether (sulfide) groups is 1. The van der Waals surface area contributed by atoms with E-state index in [9.17, 15) is 14.9 Å². The van der Waals surface area contributed by atoms with Crippen LogP contribution in [0.5, 0.6) is 0 Å². The van der Waals surface area contributed by atoms with E-state index in [1.807, 2.05) is 13.2 Å². The fraction of sp³-hybridized carbons (Fsp3) is 0.533. The summed E-state index contributed by atoms with van der Waals surface area (Å²) in [7, 11) is 0. The van der Waals surface area contributed by atoms with Gasteiger partial charge in [0.2, 0.25) is 0 Å². The van der Waals surface area contributed by atoms with E-state index in [1.54, 1.807) is 28.8 Å². The van der Waals surface area contributed by atoms with Gasteiger partial charge in [0.05, 0.1) is 18.1 Å². The van der Waals surface area contributed by atoms with E-state index in [0.29, 0.717) is 37.6 Å². The lowest BCUT2D eigenvalue weighted by Gasteiger charge is -2.27. The van der Waals surface area contributed by atoms with Crippen LogP contribution in [-0.4, -0.2) is 60.1 Å². The lowest BCUT2D eigenvalue weighted by atomic mass is 10.1. The van der Waals surface area contributed by atoms with E-state index in [-0.39, 0.29) is 17.6 Å². The zero-order valence-corrected chi connectivity index (χ0v) is 14.1. The highest BCUT2D eigenvalue weighted by molar-refractivity contribution is 7.98. The number of carbonyl (C=O) groups is 1. The van der Waals surface area contributed by atoms with Gasteiger partial charge in [-0.15, -0.1) is 0 Å². The first kappa shape index (κ1) is 17.6. The maximum atomic E-state index is 12.4. The number of benzene rings is 1. The van der Waals surface area contributed by atoms with Gasteiger partial charge in [-0.2, -0.15) is 11.8 Å². The zero-order chi connectivity index (χ0) is 16.8. The fourth-order valence-corrected chi connectivity index (χ4v) is 3.03. The molecule has 1 atom stereocenters. The molecule has 2 rings (SSSR count). The predicted octanol–water partition coefficient (Wildman–Crippen LogP) is 2.23. The second kappa shape index (κ2) is 8.16. The Balaban J connectivity index is 2.21. The minimum Gasteiger partial charge on any atom is -0.378 e. The summed E-state index contributed by atoms with van der Waals surface area (Å²) in [6, 6.07) is 4.71. The van der Waals surface area contributed by atoms with Gasteiger partial charge in [0.1, 0.15) is 5.69 Å². The molecule has 0 aromatic heterocycles. The molecule has 1 aliphatic heterocycles. The van der Waals surface area contributed by atoms with E-state index in [1.165, 1.54) is 6.07 Å². The lowest BCUT2D eigenvalue weighted by Crippen LogP contribution is -2.40.